The van der Waals surface area contributed by atoms with Crippen LogP contribution in [0.1, 0.15) is 39.0 Å². The number of rotatable bonds is 8. The Morgan fingerprint density at radius 1 is 1.21 bits per heavy atom. The molecule has 1 saturated carbocycles. The second-order valence-electron chi connectivity index (χ2n) is 3.97. The van der Waals surface area contributed by atoms with Crippen molar-refractivity contribution in [3.05, 3.63) is 0 Å². The molecule has 1 rings (SSSR count). The van der Waals surface area contributed by atoms with Crippen molar-refractivity contribution in [1.82, 2.24) is 0 Å². The van der Waals surface area contributed by atoms with Crippen LogP contribution in [-0.2, 0) is 9.47 Å². The van der Waals surface area contributed by atoms with Crippen LogP contribution in [0.5, 0.6) is 0 Å². The van der Waals surface area contributed by atoms with Crippen LogP contribution >= 0.6 is 0 Å². The Morgan fingerprint density at radius 3 is 2.50 bits per heavy atom. The third-order valence-electron chi connectivity index (χ3n) is 2.84. The minimum absolute atomic E-state index is 0.0973. The van der Waals surface area contributed by atoms with Crippen LogP contribution in [0.2, 0.25) is 0 Å². The van der Waals surface area contributed by atoms with Gasteiger partial charge in [-0.1, -0.05) is 13.3 Å². The minimum atomic E-state index is 0.0973. The zero-order valence-electron chi connectivity index (χ0n) is 9.13. The summed E-state index contributed by atoms with van der Waals surface area (Å²) in [5.74, 6) is 0. The van der Waals surface area contributed by atoms with Crippen LogP contribution in [0.4, 0.5) is 0 Å². The molecule has 14 heavy (non-hydrogen) atoms. The fraction of sp³-hybridized carbons (Fsp3) is 1.00. The van der Waals surface area contributed by atoms with Crippen LogP contribution in [0, 0.1) is 0 Å². The van der Waals surface area contributed by atoms with Gasteiger partial charge in [0.1, 0.15) is 0 Å². The highest BCUT2D eigenvalue weighted by Gasteiger charge is 2.36. The zero-order chi connectivity index (χ0) is 10.3. The van der Waals surface area contributed by atoms with Crippen molar-refractivity contribution in [2.45, 2.75) is 44.6 Å². The number of hydrogen-bond donors (Lipinski definition) is 1. The summed E-state index contributed by atoms with van der Waals surface area (Å²) in [7, 11) is 0. The highest BCUT2D eigenvalue weighted by Crippen LogP contribution is 2.39. The third-order valence-corrected chi connectivity index (χ3v) is 2.84. The van der Waals surface area contributed by atoms with Gasteiger partial charge in [0.05, 0.1) is 32.0 Å². The van der Waals surface area contributed by atoms with Crippen LogP contribution < -0.4 is 0 Å². The van der Waals surface area contributed by atoms with Crippen molar-refractivity contribution in [1.29, 1.82) is 0 Å². The van der Waals surface area contributed by atoms with Gasteiger partial charge in [-0.15, -0.1) is 0 Å². The Hall–Kier alpha value is -0.120. The molecular weight excluding hydrogens is 180 g/mol. The standard InChI is InChI=1S/C11H22O3/c1-2-4-11(5-3-6-11)14-10-9-13-8-7-12/h12H,2-10H2,1H3. The Bertz CT molecular complexity index is 143. The minimum Gasteiger partial charge on any atom is -0.394 e. The quantitative estimate of drug-likeness (QED) is 0.609. The van der Waals surface area contributed by atoms with E-state index in [9.17, 15) is 0 Å². The van der Waals surface area contributed by atoms with Gasteiger partial charge in [0, 0.05) is 0 Å². The lowest BCUT2D eigenvalue weighted by Crippen LogP contribution is -2.40. The van der Waals surface area contributed by atoms with E-state index >= 15 is 0 Å². The molecule has 0 radical (unpaired) electrons. The SMILES string of the molecule is CCCC1(OCCOCCO)CCC1. The van der Waals surface area contributed by atoms with Crippen LogP contribution in [0.15, 0.2) is 0 Å². The highest BCUT2D eigenvalue weighted by atomic mass is 16.5. The number of hydrogen-bond acceptors (Lipinski definition) is 3. The van der Waals surface area contributed by atoms with Gasteiger partial charge in [0.2, 0.25) is 0 Å². The average Bonchev–Trinajstić information content (AvgIpc) is 2.13. The zero-order valence-corrected chi connectivity index (χ0v) is 9.13. The molecule has 3 heteroatoms. The lowest BCUT2D eigenvalue weighted by Gasteiger charge is -2.41. The number of aliphatic hydroxyl groups excluding tert-OH is 1. The first-order valence-corrected chi connectivity index (χ1v) is 5.65. The molecule has 1 fully saturated rings. The number of aliphatic hydroxyl groups is 1. The van der Waals surface area contributed by atoms with Crippen molar-refractivity contribution in [3.63, 3.8) is 0 Å². The van der Waals surface area contributed by atoms with Gasteiger partial charge in [0.25, 0.3) is 0 Å². The third kappa shape index (κ3) is 3.56. The Kier molecular flexibility index (Phi) is 5.45. The molecule has 3 nitrogen and oxygen atoms in total. The Labute approximate surface area is 86.4 Å². The predicted octanol–water partition coefficient (Wildman–Crippen LogP) is 1.73. The molecule has 0 aliphatic heterocycles. The summed E-state index contributed by atoms with van der Waals surface area (Å²) in [6.45, 7) is 3.99. The maximum atomic E-state index is 8.50. The van der Waals surface area contributed by atoms with Gasteiger partial charge in [-0.25, -0.2) is 0 Å². The van der Waals surface area contributed by atoms with E-state index in [1.165, 1.54) is 32.1 Å². The fourth-order valence-corrected chi connectivity index (χ4v) is 1.98. The van der Waals surface area contributed by atoms with Gasteiger partial charge in [-0.2, -0.15) is 0 Å². The lowest BCUT2D eigenvalue weighted by atomic mass is 9.77. The van der Waals surface area contributed by atoms with Crippen molar-refractivity contribution < 1.29 is 14.6 Å². The van der Waals surface area contributed by atoms with Gasteiger partial charge in [0.15, 0.2) is 0 Å². The summed E-state index contributed by atoms with van der Waals surface area (Å²) in [5.41, 5.74) is 0.178. The number of ether oxygens (including phenoxy) is 2. The molecule has 0 bridgehead atoms. The molecule has 0 aromatic carbocycles. The van der Waals surface area contributed by atoms with Crippen molar-refractivity contribution in [2.75, 3.05) is 26.4 Å². The van der Waals surface area contributed by atoms with Gasteiger partial charge >= 0.3 is 0 Å². The van der Waals surface area contributed by atoms with Crippen molar-refractivity contribution in [3.8, 4) is 0 Å². The molecule has 1 aliphatic carbocycles. The summed E-state index contributed by atoms with van der Waals surface area (Å²) in [4.78, 5) is 0. The van der Waals surface area contributed by atoms with E-state index in [2.05, 4.69) is 6.92 Å². The molecule has 0 spiro atoms. The van der Waals surface area contributed by atoms with E-state index in [0.29, 0.717) is 19.8 Å². The summed E-state index contributed by atoms with van der Waals surface area (Å²) in [6, 6.07) is 0. The molecular formula is C11H22O3. The highest BCUT2D eigenvalue weighted by molar-refractivity contribution is 4.89. The van der Waals surface area contributed by atoms with Crippen LogP contribution in [0.3, 0.4) is 0 Å². The van der Waals surface area contributed by atoms with Gasteiger partial charge in [-0.3, -0.25) is 0 Å². The van der Waals surface area contributed by atoms with Crippen molar-refractivity contribution in [2.24, 2.45) is 0 Å². The summed E-state index contributed by atoms with van der Waals surface area (Å²) >= 11 is 0. The largest absolute Gasteiger partial charge is 0.394 e. The molecule has 0 heterocycles. The molecule has 84 valence electrons. The molecule has 0 atom stereocenters. The lowest BCUT2D eigenvalue weighted by molar-refractivity contribution is -0.119. The first kappa shape index (κ1) is 12.0. The summed E-state index contributed by atoms with van der Waals surface area (Å²) in [5, 5.41) is 8.50. The molecule has 0 aromatic rings. The van der Waals surface area contributed by atoms with E-state index in [0.717, 1.165) is 0 Å². The van der Waals surface area contributed by atoms with Gasteiger partial charge < -0.3 is 14.6 Å². The van der Waals surface area contributed by atoms with Crippen LogP contribution in [0.25, 0.3) is 0 Å². The molecule has 0 aromatic heterocycles. The second-order valence-corrected chi connectivity index (χ2v) is 3.97. The summed E-state index contributed by atoms with van der Waals surface area (Å²) < 4.78 is 11.0. The van der Waals surface area contributed by atoms with E-state index in [4.69, 9.17) is 14.6 Å². The van der Waals surface area contributed by atoms with Crippen molar-refractivity contribution >= 4 is 0 Å². The first-order chi connectivity index (χ1) is 6.83. The Morgan fingerprint density at radius 2 is 2.00 bits per heavy atom. The Balaban J connectivity index is 2.03. The van der Waals surface area contributed by atoms with E-state index in [1.807, 2.05) is 0 Å². The fourth-order valence-electron chi connectivity index (χ4n) is 1.98. The smallest absolute Gasteiger partial charge is 0.0708 e. The maximum Gasteiger partial charge on any atom is 0.0708 e. The molecule has 0 amide bonds. The molecule has 1 N–H and O–H groups in total. The normalized spacial score (nSPS) is 19.3. The first-order valence-electron chi connectivity index (χ1n) is 5.65. The monoisotopic (exact) mass is 202 g/mol. The van der Waals surface area contributed by atoms with Crippen LogP contribution in [-0.4, -0.2) is 37.1 Å². The second kappa shape index (κ2) is 6.38. The van der Waals surface area contributed by atoms with E-state index in [-0.39, 0.29) is 12.2 Å². The molecule has 0 unspecified atom stereocenters. The average molecular weight is 202 g/mol. The predicted molar refractivity (Wildman–Crippen MR) is 55.3 cm³/mol. The maximum absolute atomic E-state index is 8.50. The molecule has 1 aliphatic rings. The van der Waals surface area contributed by atoms with E-state index in [1.54, 1.807) is 0 Å². The topological polar surface area (TPSA) is 38.7 Å². The summed E-state index contributed by atoms with van der Waals surface area (Å²) in [6.07, 6.45) is 6.09. The van der Waals surface area contributed by atoms with Gasteiger partial charge in [-0.05, 0) is 25.7 Å². The molecule has 0 saturated heterocycles. The van der Waals surface area contributed by atoms with E-state index < -0.39 is 0 Å².